The summed E-state index contributed by atoms with van der Waals surface area (Å²) >= 11 is 1.92. The average Bonchev–Trinajstić information content (AvgIpc) is 2.84. The molecule has 4 bridgehead atoms. The first-order valence-corrected chi connectivity index (χ1v) is 14.5. The first-order valence-electron chi connectivity index (χ1n) is 13.7. The molecule has 2 aromatic carbocycles. The summed E-state index contributed by atoms with van der Waals surface area (Å²) in [6.45, 7) is 4.31. The maximum atomic E-state index is 11.4. The highest BCUT2D eigenvalue weighted by Gasteiger charge is 2.54. The number of fused-ring (bicyclic) bond motifs is 3. The summed E-state index contributed by atoms with van der Waals surface area (Å²) in [5.74, 6) is 3.48. The standard InChI is InChI=1S/C30H38N2OS/c33-29(30-16-22-13-23(17-30)15-24(14-22)18-30)20-31-11-9-21(10-12-31)19-32-27-7-3-1-5-25(27)26-6-2-4-8-28(26)34-32/h1-8,21-24,29,33H,9-20H2/t22?,23?,24?,29-,30?/m1/s1. The minimum Gasteiger partial charge on any atom is -0.391 e. The van der Waals surface area contributed by atoms with E-state index in [-0.39, 0.29) is 11.5 Å². The van der Waals surface area contributed by atoms with E-state index in [2.05, 4.69) is 57.7 Å². The molecule has 1 saturated heterocycles. The van der Waals surface area contributed by atoms with Crippen LogP contribution >= 0.6 is 11.9 Å². The summed E-state index contributed by atoms with van der Waals surface area (Å²) in [5, 5.41) is 11.4. The van der Waals surface area contributed by atoms with E-state index in [4.69, 9.17) is 0 Å². The Morgan fingerprint density at radius 1 is 0.853 bits per heavy atom. The molecule has 4 saturated carbocycles. The van der Waals surface area contributed by atoms with Gasteiger partial charge in [0.25, 0.3) is 0 Å². The Morgan fingerprint density at radius 3 is 2.18 bits per heavy atom. The quantitative estimate of drug-likeness (QED) is 0.503. The highest BCUT2D eigenvalue weighted by molar-refractivity contribution is 8.01. The van der Waals surface area contributed by atoms with Crippen LogP contribution < -0.4 is 4.31 Å². The number of aliphatic hydroxyl groups excluding tert-OH is 1. The Balaban J connectivity index is 0.978. The van der Waals surface area contributed by atoms with Gasteiger partial charge in [0.1, 0.15) is 0 Å². The number of aliphatic hydroxyl groups is 1. The number of piperidine rings is 1. The van der Waals surface area contributed by atoms with Crippen LogP contribution in [0.25, 0.3) is 11.1 Å². The summed E-state index contributed by atoms with van der Waals surface area (Å²) in [5.41, 5.74) is 4.36. The SMILES string of the molecule is O[C@H](CN1CCC(CN2Sc3ccccc3-c3ccccc32)CC1)C12CC3CC(CC(C3)C1)C2. The summed E-state index contributed by atoms with van der Waals surface area (Å²) in [6.07, 6.45) is 10.7. The second kappa shape index (κ2) is 8.57. The van der Waals surface area contributed by atoms with Crippen LogP contribution in [0.4, 0.5) is 5.69 Å². The molecule has 2 aromatic rings. The molecule has 34 heavy (non-hydrogen) atoms. The Morgan fingerprint density at radius 2 is 1.47 bits per heavy atom. The normalized spacial score (nSPS) is 33.6. The van der Waals surface area contributed by atoms with Gasteiger partial charge in [0.2, 0.25) is 0 Å². The number of para-hydroxylation sites is 1. The van der Waals surface area contributed by atoms with Crippen LogP contribution in [0, 0.1) is 29.1 Å². The van der Waals surface area contributed by atoms with E-state index in [0.29, 0.717) is 0 Å². The van der Waals surface area contributed by atoms with Crippen molar-refractivity contribution >= 4 is 17.6 Å². The molecule has 180 valence electrons. The topological polar surface area (TPSA) is 26.7 Å². The average molecular weight is 475 g/mol. The van der Waals surface area contributed by atoms with Crippen molar-refractivity contribution in [1.29, 1.82) is 0 Å². The van der Waals surface area contributed by atoms with Crippen LogP contribution in [0.15, 0.2) is 53.4 Å². The molecule has 0 aromatic heterocycles. The van der Waals surface area contributed by atoms with Crippen LogP contribution in [-0.4, -0.2) is 42.3 Å². The van der Waals surface area contributed by atoms with Gasteiger partial charge in [-0.05, 0) is 123 Å². The van der Waals surface area contributed by atoms with Gasteiger partial charge in [-0.3, -0.25) is 0 Å². The van der Waals surface area contributed by atoms with Crippen molar-refractivity contribution < 1.29 is 5.11 Å². The Hall–Kier alpha value is -1.49. The van der Waals surface area contributed by atoms with Gasteiger partial charge in [-0.2, -0.15) is 0 Å². The molecule has 3 nitrogen and oxygen atoms in total. The molecular formula is C30H38N2OS. The van der Waals surface area contributed by atoms with E-state index >= 15 is 0 Å². The van der Waals surface area contributed by atoms with Gasteiger partial charge in [0.05, 0.1) is 11.8 Å². The molecule has 1 N–H and O–H groups in total. The monoisotopic (exact) mass is 474 g/mol. The summed E-state index contributed by atoms with van der Waals surface area (Å²) in [7, 11) is 0. The Bertz CT molecular complexity index is 1010. The number of rotatable bonds is 5. The molecule has 8 rings (SSSR count). The largest absolute Gasteiger partial charge is 0.391 e. The lowest BCUT2D eigenvalue weighted by Gasteiger charge is -2.59. The Labute approximate surface area is 209 Å². The third-order valence-corrected chi connectivity index (χ3v) is 11.0. The molecule has 6 aliphatic rings. The van der Waals surface area contributed by atoms with E-state index in [0.717, 1.165) is 49.9 Å². The lowest BCUT2D eigenvalue weighted by atomic mass is 9.48. The summed E-state index contributed by atoms with van der Waals surface area (Å²) in [6, 6.07) is 17.7. The Kier molecular flexibility index (Phi) is 5.48. The van der Waals surface area contributed by atoms with Gasteiger partial charge in [0, 0.05) is 23.5 Å². The van der Waals surface area contributed by atoms with Crippen molar-refractivity contribution in [2.75, 3.05) is 30.5 Å². The van der Waals surface area contributed by atoms with Crippen LogP contribution in [-0.2, 0) is 0 Å². The molecule has 1 atom stereocenters. The predicted molar refractivity (Wildman–Crippen MR) is 141 cm³/mol. The maximum absolute atomic E-state index is 11.4. The van der Waals surface area contributed by atoms with Crippen molar-refractivity contribution in [1.82, 2.24) is 4.90 Å². The lowest BCUT2D eigenvalue weighted by molar-refractivity contribution is -0.127. The molecule has 2 heterocycles. The van der Waals surface area contributed by atoms with Crippen LogP contribution in [0.2, 0.25) is 0 Å². The fourth-order valence-corrected chi connectivity index (χ4v) is 9.80. The predicted octanol–water partition coefficient (Wildman–Crippen LogP) is 6.47. The van der Waals surface area contributed by atoms with Crippen molar-refractivity contribution in [2.45, 2.75) is 62.4 Å². The zero-order valence-electron chi connectivity index (χ0n) is 20.2. The minimum atomic E-state index is -0.113. The number of benzene rings is 2. The highest BCUT2D eigenvalue weighted by Crippen LogP contribution is 2.61. The van der Waals surface area contributed by atoms with E-state index in [9.17, 15) is 5.11 Å². The van der Waals surface area contributed by atoms with E-state index in [1.807, 2.05) is 11.9 Å². The highest BCUT2D eigenvalue weighted by atomic mass is 32.2. The molecule has 4 aliphatic carbocycles. The van der Waals surface area contributed by atoms with Crippen molar-refractivity contribution in [2.24, 2.45) is 29.1 Å². The fraction of sp³-hybridized carbons (Fsp3) is 0.600. The smallest absolute Gasteiger partial charge is 0.0723 e. The second-order valence-corrected chi connectivity index (χ2v) is 13.3. The van der Waals surface area contributed by atoms with E-state index in [1.165, 1.54) is 73.1 Å². The number of β-amino-alcohol motifs (C(OH)–C–C–N with tert-alkyl or cyclic N) is 1. The van der Waals surface area contributed by atoms with Gasteiger partial charge < -0.3 is 14.3 Å². The second-order valence-electron chi connectivity index (χ2n) is 12.2. The van der Waals surface area contributed by atoms with Gasteiger partial charge >= 0.3 is 0 Å². The van der Waals surface area contributed by atoms with Gasteiger partial charge in [0.15, 0.2) is 0 Å². The van der Waals surface area contributed by atoms with Crippen LogP contribution in [0.1, 0.15) is 51.4 Å². The van der Waals surface area contributed by atoms with Crippen molar-refractivity contribution in [3.8, 4) is 11.1 Å². The molecule has 5 fully saturated rings. The number of likely N-dealkylation sites (tertiary alicyclic amines) is 1. The molecule has 0 unspecified atom stereocenters. The minimum absolute atomic E-state index is 0.113. The number of anilines is 1. The molecule has 4 heteroatoms. The van der Waals surface area contributed by atoms with E-state index in [1.54, 1.807) is 0 Å². The van der Waals surface area contributed by atoms with Crippen molar-refractivity contribution in [3.05, 3.63) is 48.5 Å². The maximum Gasteiger partial charge on any atom is 0.0723 e. The molecular weight excluding hydrogens is 436 g/mol. The third kappa shape index (κ3) is 3.81. The molecule has 2 aliphatic heterocycles. The van der Waals surface area contributed by atoms with Crippen LogP contribution in [0.5, 0.6) is 0 Å². The summed E-state index contributed by atoms with van der Waals surface area (Å²) in [4.78, 5) is 3.96. The number of nitrogens with zero attached hydrogens (tertiary/aromatic N) is 2. The van der Waals surface area contributed by atoms with E-state index < -0.39 is 0 Å². The number of hydrogen-bond acceptors (Lipinski definition) is 4. The fourth-order valence-electron chi connectivity index (χ4n) is 8.60. The molecule has 0 spiro atoms. The zero-order chi connectivity index (χ0) is 22.7. The first kappa shape index (κ1) is 21.8. The lowest BCUT2D eigenvalue weighted by Crippen LogP contribution is -2.55. The third-order valence-electron chi connectivity index (χ3n) is 9.91. The van der Waals surface area contributed by atoms with Gasteiger partial charge in [-0.1, -0.05) is 36.4 Å². The van der Waals surface area contributed by atoms with Crippen LogP contribution in [0.3, 0.4) is 0 Å². The van der Waals surface area contributed by atoms with Gasteiger partial charge in [-0.25, -0.2) is 0 Å². The molecule has 0 radical (unpaired) electrons. The molecule has 0 amide bonds. The van der Waals surface area contributed by atoms with Gasteiger partial charge in [-0.15, -0.1) is 0 Å². The number of hydrogen-bond donors (Lipinski definition) is 1. The first-order chi connectivity index (χ1) is 16.6. The zero-order valence-corrected chi connectivity index (χ0v) is 21.1. The van der Waals surface area contributed by atoms with Crippen molar-refractivity contribution in [3.63, 3.8) is 0 Å². The summed E-state index contributed by atoms with van der Waals surface area (Å²) < 4.78 is 2.54.